The molecule has 0 radical (unpaired) electrons. The first-order chi connectivity index (χ1) is 30.6. The number of Topliss-reactive ketones (excluding diaryl/α,β-unsaturated/α-hetero) is 2. The minimum atomic E-state index is -0.449. The van der Waals surface area contributed by atoms with Gasteiger partial charge in [0.25, 0.3) is 11.5 Å². The largest absolute Gasteiger partial charge is 0.491 e. The summed E-state index contributed by atoms with van der Waals surface area (Å²) < 4.78 is 19.7. The van der Waals surface area contributed by atoms with Crippen molar-refractivity contribution in [2.75, 3.05) is 44.5 Å². The number of hydrogen-bond donors (Lipinski definition) is 2. The number of fused-ring (bicyclic) bond motifs is 3. The zero-order chi connectivity index (χ0) is 44.0. The second kappa shape index (κ2) is 19.5. The second-order valence-electron chi connectivity index (χ2n) is 16.7. The van der Waals surface area contributed by atoms with E-state index in [1.807, 2.05) is 79.9 Å². The van der Waals surface area contributed by atoms with Gasteiger partial charge in [-0.3, -0.25) is 23.7 Å². The number of H-pyrrole nitrogens is 1. The summed E-state index contributed by atoms with van der Waals surface area (Å²) in [6.45, 7) is 11.6. The molecule has 4 aromatic heterocycles. The van der Waals surface area contributed by atoms with Gasteiger partial charge in [-0.05, 0) is 136 Å². The number of nitrogens with zero attached hydrogens (tertiary/aromatic N) is 4. The minimum absolute atomic E-state index is 0.0106. The number of rotatable bonds is 16. The third-order valence-corrected chi connectivity index (χ3v) is 12.5. The van der Waals surface area contributed by atoms with E-state index in [4.69, 9.17) is 19.2 Å². The quantitative estimate of drug-likeness (QED) is 0.0731. The molecule has 1 aliphatic heterocycles. The van der Waals surface area contributed by atoms with Crippen LogP contribution >= 0.6 is 0 Å². The topological polar surface area (TPSA) is 158 Å². The van der Waals surface area contributed by atoms with Crippen LogP contribution in [0.25, 0.3) is 33.2 Å². The van der Waals surface area contributed by atoms with Gasteiger partial charge in [0, 0.05) is 91.0 Å². The molecule has 1 aliphatic carbocycles. The van der Waals surface area contributed by atoms with Crippen LogP contribution in [0.2, 0.25) is 0 Å². The van der Waals surface area contributed by atoms with E-state index in [0.29, 0.717) is 68.8 Å². The van der Waals surface area contributed by atoms with Gasteiger partial charge < -0.3 is 29.4 Å². The predicted octanol–water partition coefficient (Wildman–Crippen LogP) is 7.69. The van der Waals surface area contributed by atoms with Gasteiger partial charge in [-0.2, -0.15) is 0 Å². The van der Waals surface area contributed by atoms with Gasteiger partial charge in [0.2, 0.25) is 0 Å². The van der Waals surface area contributed by atoms with E-state index in [0.717, 1.165) is 93.5 Å². The third kappa shape index (κ3) is 9.45. The van der Waals surface area contributed by atoms with Crippen LogP contribution in [0, 0.1) is 20.8 Å². The van der Waals surface area contributed by atoms with Crippen molar-refractivity contribution in [2.24, 2.45) is 0 Å². The number of benzene rings is 2. The predicted molar refractivity (Wildman–Crippen MR) is 244 cm³/mol. The van der Waals surface area contributed by atoms with Gasteiger partial charge >= 0.3 is 0 Å². The average Bonchev–Trinajstić information content (AvgIpc) is 3.62. The van der Waals surface area contributed by atoms with E-state index < -0.39 is 6.04 Å². The number of ketones is 2. The molecule has 2 fully saturated rings. The normalized spacial score (nSPS) is 15.9. The van der Waals surface area contributed by atoms with Crippen molar-refractivity contribution < 1.29 is 28.6 Å². The second-order valence-corrected chi connectivity index (χ2v) is 16.7. The molecule has 2 aliphatic rings. The third-order valence-electron chi connectivity index (χ3n) is 12.5. The molecule has 2 aromatic carbocycles. The number of amides is 1. The Labute approximate surface area is 367 Å². The molecule has 1 saturated carbocycles. The van der Waals surface area contributed by atoms with Crippen molar-refractivity contribution in [2.45, 2.75) is 91.3 Å². The SMILES string of the molecule is CCN(c1cc(-c2ccc(OCCOCCCc3ccnc4c3c3cccnc3n4C3CCC(=O)CC3=O)cc2)cc(C(=O)NCc2c(C)cc(C)[nH]c2=O)c1C)C1CCOCC1. The van der Waals surface area contributed by atoms with Crippen LogP contribution in [0.4, 0.5) is 5.69 Å². The summed E-state index contributed by atoms with van der Waals surface area (Å²) in [5.41, 5.74) is 8.87. The average molecular weight is 853 g/mol. The summed E-state index contributed by atoms with van der Waals surface area (Å²) in [7, 11) is 0. The molecule has 1 atom stereocenters. The summed E-state index contributed by atoms with van der Waals surface area (Å²) in [6, 6.07) is 19.7. The Balaban J connectivity index is 0.904. The molecule has 13 nitrogen and oxygen atoms in total. The van der Waals surface area contributed by atoms with Crippen molar-refractivity contribution in [1.29, 1.82) is 0 Å². The first kappa shape index (κ1) is 43.5. The van der Waals surface area contributed by atoms with Crippen molar-refractivity contribution in [3.05, 3.63) is 117 Å². The summed E-state index contributed by atoms with van der Waals surface area (Å²) >= 11 is 0. The maximum absolute atomic E-state index is 13.9. The lowest BCUT2D eigenvalue weighted by Crippen LogP contribution is -2.40. The molecule has 0 bridgehead atoms. The molecule has 1 unspecified atom stereocenters. The van der Waals surface area contributed by atoms with Crippen molar-refractivity contribution in [3.63, 3.8) is 0 Å². The first-order valence-electron chi connectivity index (χ1n) is 22.2. The van der Waals surface area contributed by atoms with Gasteiger partial charge in [0.1, 0.15) is 29.4 Å². The van der Waals surface area contributed by atoms with Crippen LogP contribution in [-0.2, 0) is 32.0 Å². The van der Waals surface area contributed by atoms with Crippen LogP contribution in [0.15, 0.2) is 77.9 Å². The lowest BCUT2D eigenvalue weighted by molar-refractivity contribution is -0.132. The van der Waals surface area contributed by atoms with Gasteiger partial charge in [-0.15, -0.1) is 0 Å². The van der Waals surface area contributed by atoms with E-state index in [9.17, 15) is 19.2 Å². The fourth-order valence-corrected chi connectivity index (χ4v) is 9.30. The Morgan fingerprint density at radius 1 is 0.921 bits per heavy atom. The van der Waals surface area contributed by atoms with E-state index in [-0.39, 0.29) is 36.0 Å². The molecule has 63 heavy (non-hydrogen) atoms. The summed E-state index contributed by atoms with van der Waals surface area (Å²) in [5, 5.41) is 4.98. The molecule has 5 heterocycles. The number of aryl methyl sites for hydroxylation is 3. The number of carbonyl (C=O) groups is 3. The Kier molecular flexibility index (Phi) is 13.4. The van der Waals surface area contributed by atoms with Crippen molar-refractivity contribution in [3.8, 4) is 16.9 Å². The summed E-state index contributed by atoms with van der Waals surface area (Å²) in [5.74, 6) is 0.390. The number of hydrogen-bond acceptors (Lipinski definition) is 10. The number of nitrogens with one attached hydrogen (secondary N) is 2. The molecule has 8 rings (SSSR count). The van der Waals surface area contributed by atoms with Crippen LogP contribution in [0.1, 0.15) is 89.8 Å². The first-order valence-corrected chi connectivity index (χ1v) is 22.2. The highest BCUT2D eigenvalue weighted by Gasteiger charge is 2.32. The van der Waals surface area contributed by atoms with Crippen LogP contribution in [0.5, 0.6) is 5.75 Å². The highest BCUT2D eigenvalue weighted by molar-refractivity contribution is 6.10. The maximum atomic E-state index is 13.9. The maximum Gasteiger partial charge on any atom is 0.253 e. The molecular formula is C50H56N6O7. The lowest BCUT2D eigenvalue weighted by Gasteiger charge is -2.37. The van der Waals surface area contributed by atoms with Crippen LogP contribution in [-0.4, -0.2) is 82.6 Å². The Morgan fingerprint density at radius 3 is 2.48 bits per heavy atom. The monoisotopic (exact) mass is 852 g/mol. The highest BCUT2D eigenvalue weighted by Crippen LogP contribution is 2.37. The summed E-state index contributed by atoms with van der Waals surface area (Å²) in [4.78, 5) is 66.3. The van der Waals surface area contributed by atoms with Gasteiger partial charge in [-0.25, -0.2) is 9.97 Å². The number of anilines is 1. The molecule has 13 heteroatoms. The Morgan fingerprint density at radius 2 is 1.71 bits per heavy atom. The molecule has 2 N–H and O–H groups in total. The van der Waals surface area contributed by atoms with Gasteiger partial charge in [0.15, 0.2) is 5.78 Å². The Bertz CT molecular complexity index is 2700. The number of pyridine rings is 3. The minimum Gasteiger partial charge on any atom is -0.491 e. The van der Waals surface area contributed by atoms with Gasteiger partial charge in [-0.1, -0.05) is 12.1 Å². The fraction of sp³-hybridized carbons (Fsp3) is 0.400. The van der Waals surface area contributed by atoms with E-state index in [2.05, 4.69) is 33.2 Å². The molecule has 1 saturated heterocycles. The zero-order valence-corrected chi connectivity index (χ0v) is 36.6. The van der Waals surface area contributed by atoms with Crippen molar-refractivity contribution in [1.82, 2.24) is 24.8 Å². The number of carbonyl (C=O) groups excluding carboxylic acids is 3. The highest BCUT2D eigenvalue weighted by atomic mass is 16.5. The fourth-order valence-electron chi connectivity index (χ4n) is 9.30. The van der Waals surface area contributed by atoms with E-state index in [1.54, 1.807) is 12.4 Å². The summed E-state index contributed by atoms with van der Waals surface area (Å²) in [6.07, 6.45) is 7.68. The number of ether oxygens (including phenoxy) is 3. The van der Waals surface area contributed by atoms with Crippen molar-refractivity contribution >= 4 is 45.2 Å². The molecule has 6 aromatic rings. The standard InChI is InChI=1S/C50H56N6O7/c1-5-55(37-17-22-62-23-18-37)44-28-36(27-41(33(44)4)49(59)53-30-42-31(2)26-32(3)54-50(42)60)34-10-13-39(14-11-34)63-25-24-61-21-7-8-35-16-20-52-48-46(35)40-9-6-19-51-47(40)56(48)43-15-12-38(57)29-45(43)58/h6,9-11,13-14,16,19-20,26-28,37,43H,5,7-8,12,15,17-18,21-25,29-30H2,1-4H3,(H,53,59)(H,54,60). The van der Waals surface area contributed by atoms with Crippen LogP contribution < -0.4 is 20.5 Å². The van der Waals surface area contributed by atoms with Crippen LogP contribution in [0.3, 0.4) is 0 Å². The number of aromatic nitrogens is 4. The Hall–Kier alpha value is -6.18. The van der Waals surface area contributed by atoms with E-state index in [1.165, 1.54) is 0 Å². The smallest absolute Gasteiger partial charge is 0.253 e. The van der Waals surface area contributed by atoms with Gasteiger partial charge in [0.05, 0.1) is 19.1 Å². The zero-order valence-electron chi connectivity index (χ0n) is 36.6. The number of aromatic amines is 1. The van der Waals surface area contributed by atoms with E-state index >= 15 is 0 Å². The molecular weight excluding hydrogens is 797 g/mol. The lowest BCUT2D eigenvalue weighted by atomic mass is 9.93. The molecule has 328 valence electrons. The molecule has 0 spiro atoms. The molecule has 1 amide bonds.